The fourth-order valence-electron chi connectivity index (χ4n) is 3.59. The topological polar surface area (TPSA) is 90.5 Å². The highest BCUT2D eigenvalue weighted by Gasteiger charge is 2.32. The molecular formula is C20H24N4O4S. The molecule has 29 heavy (non-hydrogen) atoms. The van der Waals surface area contributed by atoms with Crippen molar-refractivity contribution in [2.75, 3.05) is 20.3 Å². The third-order valence-electron chi connectivity index (χ3n) is 5.14. The Labute approximate surface area is 170 Å². The monoisotopic (exact) mass is 416 g/mol. The smallest absolute Gasteiger partial charge is 0.218 e. The molecule has 1 aromatic carbocycles. The van der Waals surface area contributed by atoms with Gasteiger partial charge in [-0.1, -0.05) is 29.8 Å². The van der Waals surface area contributed by atoms with Crippen molar-refractivity contribution in [1.82, 2.24) is 19.1 Å². The number of rotatable bonds is 7. The van der Waals surface area contributed by atoms with E-state index in [1.54, 1.807) is 11.4 Å². The van der Waals surface area contributed by atoms with E-state index in [1.165, 1.54) is 12.7 Å². The van der Waals surface area contributed by atoms with Crippen molar-refractivity contribution >= 4 is 10.0 Å². The molecule has 0 radical (unpaired) electrons. The molecule has 0 saturated heterocycles. The van der Waals surface area contributed by atoms with Crippen LogP contribution < -0.4 is 0 Å². The third kappa shape index (κ3) is 4.12. The largest absolute Gasteiger partial charge is 0.451 e. The van der Waals surface area contributed by atoms with Gasteiger partial charge in [-0.05, 0) is 12.5 Å². The van der Waals surface area contributed by atoms with E-state index in [0.29, 0.717) is 37.5 Å². The second-order valence-electron chi connectivity index (χ2n) is 7.19. The Kier molecular flexibility index (Phi) is 5.53. The molecule has 3 heterocycles. The Balaban J connectivity index is 1.63. The second kappa shape index (κ2) is 8.10. The average Bonchev–Trinajstić information content (AvgIpc) is 3.35. The summed E-state index contributed by atoms with van der Waals surface area (Å²) in [5.74, 6) is -0.0142. The molecule has 1 aliphatic heterocycles. The van der Waals surface area contributed by atoms with Crippen molar-refractivity contribution in [2.24, 2.45) is 0 Å². The number of aromatic nitrogens is 3. The van der Waals surface area contributed by atoms with Gasteiger partial charge in [-0.25, -0.2) is 13.4 Å². The lowest BCUT2D eigenvalue weighted by Gasteiger charge is -2.27. The first kappa shape index (κ1) is 19.8. The number of oxazole rings is 1. The van der Waals surface area contributed by atoms with Gasteiger partial charge in [0, 0.05) is 37.9 Å². The van der Waals surface area contributed by atoms with Crippen molar-refractivity contribution in [1.29, 1.82) is 0 Å². The molecule has 0 bridgehead atoms. The van der Waals surface area contributed by atoms with Gasteiger partial charge >= 0.3 is 0 Å². The first-order valence-electron chi connectivity index (χ1n) is 9.47. The lowest BCUT2D eigenvalue weighted by molar-refractivity contribution is 0.182. The first-order valence-corrected chi connectivity index (χ1v) is 11.1. The molecule has 0 amide bonds. The van der Waals surface area contributed by atoms with E-state index >= 15 is 0 Å². The number of sulfonamides is 1. The Morgan fingerprint density at radius 3 is 2.72 bits per heavy atom. The number of nitrogens with zero attached hydrogens (tertiary/aromatic N) is 4. The number of hydrogen-bond acceptors (Lipinski definition) is 6. The van der Waals surface area contributed by atoms with Crippen LogP contribution in [0, 0.1) is 6.92 Å². The highest BCUT2D eigenvalue weighted by Crippen LogP contribution is 2.31. The van der Waals surface area contributed by atoms with Crippen LogP contribution in [0.5, 0.6) is 0 Å². The fourth-order valence-corrected chi connectivity index (χ4v) is 5.08. The van der Waals surface area contributed by atoms with Crippen LogP contribution in [0.4, 0.5) is 0 Å². The zero-order chi connectivity index (χ0) is 20.4. The van der Waals surface area contributed by atoms with E-state index in [2.05, 4.69) is 10.1 Å². The molecule has 8 nitrogen and oxygen atoms in total. The van der Waals surface area contributed by atoms with E-state index in [0.717, 1.165) is 22.4 Å². The van der Waals surface area contributed by atoms with Crippen molar-refractivity contribution < 1.29 is 17.6 Å². The van der Waals surface area contributed by atoms with Gasteiger partial charge in [0.05, 0.1) is 18.9 Å². The predicted octanol–water partition coefficient (Wildman–Crippen LogP) is 2.38. The molecule has 0 unspecified atom stereocenters. The molecule has 0 saturated carbocycles. The van der Waals surface area contributed by atoms with Crippen LogP contribution in [0.15, 0.2) is 41.3 Å². The minimum absolute atomic E-state index is 0.0142. The summed E-state index contributed by atoms with van der Waals surface area (Å²) in [5, 5.41) is 4.67. The van der Waals surface area contributed by atoms with Gasteiger partial charge in [-0.2, -0.15) is 9.40 Å². The van der Waals surface area contributed by atoms with Gasteiger partial charge in [0.2, 0.25) is 10.0 Å². The van der Waals surface area contributed by atoms with E-state index in [4.69, 9.17) is 9.15 Å². The first-order chi connectivity index (χ1) is 14.0. The van der Waals surface area contributed by atoms with Crippen LogP contribution in [0.2, 0.25) is 0 Å². The van der Waals surface area contributed by atoms with Crippen molar-refractivity contribution in [3.63, 3.8) is 0 Å². The van der Waals surface area contributed by atoms with Crippen molar-refractivity contribution in [3.8, 4) is 11.4 Å². The molecule has 0 aliphatic carbocycles. The zero-order valence-electron chi connectivity index (χ0n) is 16.5. The van der Waals surface area contributed by atoms with E-state index in [-0.39, 0.29) is 12.3 Å². The highest BCUT2D eigenvalue weighted by molar-refractivity contribution is 7.88. The maximum Gasteiger partial charge on any atom is 0.218 e. The van der Waals surface area contributed by atoms with Crippen LogP contribution >= 0.6 is 0 Å². The molecule has 0 fully saturated rings. The lowest BCUT2D eigenvalue weighted by atomic mass is 10.1. The van der Waals surface area contributed by atoms with Crippen LogP contribution in [0.3, 0.4) is 0 Å². The number of ether oxygens (including phenoxy) is 1. The standard InChI is InChI=1S/C20H24N4O4S/c1-15-3-5-16(6-4-15)13-29(25,26)23-8-7-19-17(11-23)20(18-12-28-14-21-18)22-24(19)9-10-27-2/h3-6,12,14H,7-11,13H2,1-2H3. The average molecular weight is 417 g/mol. The Hall–Kier alpha value is -2.49. The normalized spacial score (nSPS) is 14.8. The van der Waals surface area contributed by atoms with Gasteiger partial charge in [-0.15, -0.1) is 0 Å². The molecule has 0 spiro atoms. The Morgan fingerprint density at radius 2 is 2.03 bits per heavy atom. The SMILES string of the molecule is COCCn1nc(-c2cocn2)c2c1CCN(S(=O)(=O)Cc1ccc(C)cc1)C2. The summed E-state index contributed by atoms with van der Waals surface area (Å²) in [4.78, 5) is 4.21. The molecule has 2 aromatic heterocycles. The van der Waals surface area contributed by atoms with Gasteiger partial charge in [-0.3, -0.25) is 4.68 Å². The van der Waals surface area contributed by atoms with E-state index < -0.39 is 10.0 Å². The van der Waals surface area contributed by atoms with Gasteiger partial charge in [0.25, 0.3) is 0 Å². The summed E-state index contributed by atoms with van der Waals surface area (Å²) in [7, 11) is -1.81. The quantitative estimate of drug-likeness (QED) is 0.587. The second-order valence-corrected chi connectivity index (χ2v) is 9.16. The predicted molar refractivity (Wildman–Crippen MR) is 108 cm³/mol. The Bertz CT molecular complexity index is 1070. The van der Waals surface area contributed by atoms with Gasteiger partial charge in [0.15, 0.2) is 6.39 Å². The molecule has 154 valence electrons. The number of fused-ring (bicyclic) bond motifs is 1. The minimum atomic E-state index is -3.46. The van der Waals surface area contributed by atoms with E-state index in [9.17, 15) is 8.42 Å². The maximum absolute atomic E-state index is 13.1. The number of aryl methyl sites for hydroxylation is 1. The summed E-state index contributed by atoms with van der Waals surface area (Å²) < 4.78 is 39.9. The lowest BCUT2D eigenvalue weighted by Crippen LogP contribution is -2.37. The minimum Gasteiger partial charge on any atom is -0.451 e. The van der Waals surface area contributed by atoms with Crippen LogP contribution in [0.25, 0.3) is 11.4 Å². The summed E-state index contributed by atoms with van der Waals surface area (Å²) in [5.41, 5.74) is 5.08. The third-order valence-corrected chi connectivity index (χ3v) is 6.94. The molecule has 4 rings (SSSR count). The van der Waals surface area contributed by atoms with Crippen LogP contribution in [-0.4, -0.2) is 47.7 Å². The number of hydrogen-bond donors (Lipinski definition) is 0. The zero-order valence-corrected chi connectivity index (χ0v) is 17.4. The summed E-state index contributed by atoms with van der Waals surface area (Å²) in [6, 6.07) is 7.60. The molecule has 1 aliphatic rings. The molecule has 0 atom stereocenters. The number of methoxy groups -OCH3 is 1. The number of benzene rings is 1. The van der Waals surface area contributed by atoms with Gasteiger partial charge in [0.1, 0.15) is 17.7 Å². The van der Waals surface area contributed by atoms with Crippen LogP contribution in [-0.2, 0) is 40.0 Å². The molecule has 9 heteroatoms. The van der Waals surface area contributed by atoms with Gasteiger partial charge < -0.3 is 9.15 Å². The van der Waals surface area contributed by atoms with Crippen molar-refractivity contribution in [2.45, 2.75) is 32.2 Å². The van der Waals surface area contributed by atoms with E-state index in [1.807, 2.05) is 35.9 Å². The highest BCUT2D eigenvalue weighted by atomic mass is 32.2. The molecular weight excluding hydrogens is 392 g/mol. The molecule has 0 N–H and O–H groups in total. The Morgan fingerprint density at radius 1 is 1.24 bits per heavy atom. The summed E-state index contributed by atoms with van der Waals surface area (Å²) in [6.07, 6.45) is 3.48. The maximum atomic E-state index is 13.1. The summed E-state index contributed by atoms with van der Waals surface area (Å²) >= 11 is 0. The fraction of sp³-hybridized carbons (Fsp3) is 0.400. The van der Waals surface area contributed by atoms with Crippen molar-refractivity contribution in [3.05, 3.63) is 59.3 Å². The van der Waals surface area contributed by atoms with Crippen LogP contribution in [0.1, 0.15) is 22.4 Å². The molecule has 3 aromatic rings. The summed E-state index contributed by atoms with van der Waals surface area (Å²) in [6.45, 7) is 3.82.